The summed E-state index contributed by atoms with van der Waals surface area (Å²) in [6.45, 7) is 7.00. The van der Waals surface area contributed by atoms with Gasteiger partial charge in [0.1, 0.15) is 5.75 Å². The van der Waals surface area contributed by atoms with E-state index in [0.29, 0.717) is 37.7 Å². The largest absolute Gasteiger partial charge is 0.495 e. The van der Waals surface area contributed by atoms with E-state index < -0.39 is 10.0 Å². The van der Waals surface area contributed by atoms with Gasteiger partial charge in [0.25, 0.3) is 0 Å². The first kappa shape index (κ1) is 20.4. The highest BCUT2D eigenvalue weighted by Gasteiger charge is 2.23. The Morgan fingerprint density at radius 1 is 1.21 bits per heavy atom. The van der Waals surface area contributed by atoms with E-state index in [-0.39, 0.29) is 17.2 Å². The number of anilines is 1. The molecule has 1 aromatic rings. The average Bonchev–Trinajstić information content (AvgIpc) is 2.55. The zero-order valence-electron chi connectivity index (χ0n) is 14.7. The fourth-order valence-electron chi connectivity index (χ4n) is 2.18. The van der Waals surface area contributed by atoms with Crippen LogP contribution in [0.4, 0.5) is 5.69 Å². The molecule has 0 spiro atoms. The normalized spacial score (nSPS) is 11.5. The minimum Gasteiger partial charge on any atom is -0.495 e. The molecule has 0 aromatic heterocycles. The minimum atomic E-state index is -3.60. The molecule has 24 heavy (non-hydrogen) atoms. The number of hydrogen-bond donors (Lipinski definition) is 1. The van der Waals surface area contributed by atoms with E-state index in [1.54, 1.807) is 13.8 Å². The summed E-state index contributed by atoms with van der Waals surface area (Å²) < 4.78 is 36.9. The molecule has 1 N–H and O–H groups in total. The quantitative estimate of drug-likeness (QED) is 0.647. The summed E-state index contributed by atoms with van der Waals surface area (Å²) in [5.74, 6) is 0.136. The maximum atomic E-state index is 12.6. The van der Waals surface area contributed by atoms with Crippen LogP contribution in [0.2, 0.25) is 0 Å². The monoisotopic (exact) mass is 358 g/mol. The molecule has 0 saturated heterocycles. The van der Waals surface area contributed by atoms with Crippen LogP contribution in [-0.2, 0) is 19.6 Å². The van der Waals surface area contributed by atoms with E-state index in [9.17, 15) is 13.2 Å². The number of carbonyl (C=O) groups is 1. The zero-order chi connectivity index (χ0) is 18.2. The van der Waals surface area contributed by atoms with Crippen LogP contribution in [0.15, 0.2) is 23.1 Å². The van der Waals surface area contributed by atoms with Gasteiger partial charge in [0.15, 0.2) is 0 Å². The van der Waals surface area contributed by atoms with Gasteiger partial charge in [0.05, 0.1) is 30.7 Å². The van der Waals surface area contributed by atoms with Crippen LogP contribution < -0.4 is 10.1 Å². The zero-order valence-corrected chi connectivity index (χ0v) is 15.5. The number of sulfonamides is 1. The van der Waals surface area contributed by atoms with Crippen molar-refractivity contribution in [1.29, 1.82) is 0 Å². The topological polar surface area (TPSA) is 84.9 Å². The number of methoxy groups -OCH3 is 1. The smallest absolute Gasteiger partial charge is 0.243 e. The first-order valence-corrected chi connectivity index (χ1v) is 9.40. The molecule has 0 atom stereocenters. The van der Waals surface area contributed by atoms with Crippen molar-refractivity contribution in [3.05, 3.63) is 18.2 Å². The van der Waals surface area contributed by atoms with Crippen LogP contribution in [-0.4, -0.2) is 52.0 Å². The first-order chi connectivity index (χ1) is 11.4. The predicted octanol–water partition coefficient (Wildman–Crippen LogP) is 2.09. The van der Waals surface area contributed by atoms with Crippen LogP contribution in [0.3, 0.4) is 0 Å². The Morgan fingerprint density at radius 3 is 2.42 bits per heavy atom. The summed E-state index contributed by atoms with van der Waals surface area (Å²) in [4.78, 5) is 12.1. The Labute approximate surface area is 144 Å². The Bertz CT molecular complexity index is 642. The fraction of sp³-hybridized carbons (Fsp3) is 0.562. The highest BCUT2D eigenvalue weighted by atomic mass is 32.2. The summed E-state index contributed by atoms with van der Waals surface area (Å²) >= 11 is 0. The van der Waals surface area contributed by atoms with Gasteiger partial charge in [-0.3, -0.25) is 4.79 Å². The molecule has 0 aliphatic carbocycles. The van der Waals surface area contributed by atoms with Gasteiger partial charge in [-0.05, 0) is 25.1 Å². The summed E-state index contributed by atoms with van der Waals surface area (Å²) in [6.07, 6.45) is 0.185. The van der Waals surface area contributed by atoms with Crippen molar-refractivity contribution in [3.63, 3.8) is 0 Å². The van der Waals surface area contributed by atoms with Crippen molar-refractivity contribution in [1.82, 2.24) is 4.31 Å². The minimum absolute atomic E-state index is 0.118. The molecule has 0 unspecified atom stereocenters. The summed E-state index contributed by atoms with van der Waals surface area (Å²) in [5, 5.41) is 2.68. The SMILES string of the molecule is CCOCCC(=O)Nc1cc(S(=O)(=O)N(CC)CC)ccc1OC. The Balaban J connectivity index is 3.06. The van der Waals surface area contributed by atoms with Crippen LogP contribution in [0, 0.1) is 0 Å². The predicted molar refractivity (Wildman–Crippen MR) is 92.8 cm³/mol. The van der Waals surface area contributed by atoms with Crippen molar-refractivity contribution in [2.24, 2.45) is 0 Å². The second kappa shape index (κ2) is 9.61. The van der Waals surface area contributed by atoms with Crippen molar-refractivity contribution in [3.8, 4) is 5.75 Å². The van der Waals surface area contributed by atoms with E-state index in [4.69, 9.17) is 9.47 Å². The van der Waals surface area contributed by atoms with Gasteiger partial charge in [0, 0.05) is 19.7 Å². The second-order valence-corrected chi connectivity index (χ2v) is 6.88. The van der Waals surface area contributed by atoms with Gasteiger partial charge < -0.3 is 14.8 Å². The van der Waals surface area contributed by atoms with Crippen LogP contribution in [0.25, 0.3) is 0 Å². The number of carbonyl (C=O) groups excluding carboxylic acids is 1. The molecule has 0 bridgehead atoms. The lowest BCUT2D eigenvalue weighted by atomic mass is 10.2. The van der Waals surface area contributed by atoms with Gasteiger partial charge in [-0.15, -0.1) is 0 Å². The lowest BCUT2D eigenvalue weighted by Gasteiger charge is -2.19. The highest BCUT2D eigenvalue weighted by Crippen LogP contribution is 2.29. The van der Waals surface area contributed by atoms with E-state index in [2.05, 4.69) is 5.32 Å². The Kier molecular flexibility index (Phi) is 8.17. The number of ether oxygens (including phenoxy) is 2. The molecular weight excluding hydrogens is 332 g/mol. The molecule has 7 nitrogen and oxygen atoms in total. The first-order valence-electron chi connectivity index (χ1n) is 7.96. The molecule has 1 aromatic carbocycles. The lowest BCUT2D eigenvalue weighted by molar-refractivity contribution is -0.117. The number of nitrogens with one attached hydrogen (secondary N) is 1. The summed E-state index contributed by atoms with van der Waals surface area (Å²) in [7, 11) is -2.14. The molecule has 8 heteroatoms. The number of amides is 1. The number of hydrogen-bond acceptors (Lipinski definition) is 5. The molecular formula is C16H26N2O5S. The standard InChI is InChI=1S/C16H26N2O5S/c1-5-18(6-2)24(20,21)13-8-9-15(22-4)14(12-13)17-16(19)10-11-23-7-3/h8-9,12H,5-7,10-11H2,1-4H3,(H,17,19). The number of nitrogens with zero attached hydrogens (tertiary/aromatic N) is 1. The third-order valence-corrected chi connectivity index (χ3v) is 5.51. The van der Waals surface area contributed by atoms with Crippen molar-refractivity contribution in [2.75, 3.05) is 38.7 Å². The van der Waals surface area contributed by atoms with Crippen LogP contribution in [0.1, 0.15) is 27.2 Å². The molecule has 136 valence electrons. The van der Waals surface area contributed by atoms with Gasteiger partial charge >= 0.3 is 0 Å². The van der Waals surface area contributed by atoms with Crippen molar-refractivity contribution < 1.29 is 22.7 Å². The summed E-state index contributed by atoms with van der Waals surface area (Å²) in [5.41, 5.74) is 0.326. The van der Waals surface area contributed by atoms with Crippen molar-refractivity contribution in [2.45, 2.75) is 32.1 Å². The third-order valence-electron chi connectivity index (χ3n) is 3.47. The second-order valence-electron chi connectivity index (χ2n) is 4.95. The molecule has 0 aliphatic rings. The lowest BCUT2D eigenvalue weighted by Crippen LogP contribution is -2.30. The van der Waals surface area contributed by atoms with Gasteiger partial charge in [-0.25, -0.2) is 8.42 Å². The Morgan fingerprint density at radius 2 is 1.88 bits per heavy atom. The summed E-state index contributed by atoms with van der Waals surface area (Å²) in [6, 6.07) is 4.43. The Hall–Kier alpha value is -1.64. The van der Waals surface area contributed by atoms with Gasteiger partial charge in [-0.1, -0.05) is 13.8 Å². The maximum absolute atomic E-state index is 12.6. The molecule has 0 radical (unpaired) electrons. The van der Waals surface area contributed by atoms with Crippen LogP contribution >= 0.6 is 0 Å². The highest BCUT2D eigenvalue weighted by molar-refractivity contribution is 7.89. The molecule has 1 rings (SSSR count). The van der Waals surface area contributed by atoms with Gasteiger partial charge in [-0.2, -0.15) is 4.31 Å². The molecule has 0 aliphatic heterocycles. The van der Waals surface area contributed by atoms with Crippen LogP contribution in [0.5, 0.6) is 5.75 Å². The number of rotatable bonds is 10. The third kappa shape index (κ3) is 5.19. The van der Waals surface area contributed by atoms with E-state index in [1.807, 2.05) is 6.92 Å². The molecule has 1 amide bonds. The van der Waals surface area contributed by atoms with Gasteiger partial charge in [0.2, 0.25) is 15.9 Å². The molecule has 0 fully saturated rings. The molecule has 0 heterocycles. The van der Waals surface area contributed by atoms with E-state index in [0.717, 1.165) is 0 Å². The number of benzene rings is 1. The van der Waals surface area contributed by atoms with E-state index >= 15 is 0 Å². The van der Waals surface area contributed by atoms with Crippen molar-refractivity contribution >= 4 is 21.6 Å². The maximum Gasteiger partial charge on any atom is 0.243 e. The van der Waals surface area contributed by atoms with E-state index in [1.165, 1.54) is 29.6 Å². The molecule has 0 saturated carbocycles. The average molecular weight is 358 g/mol. The fourth-order valence-corrected chi connectivity index (χ4v) is 3.66.